The highest BCUT2D eigenvalue weighted by atomic mass is 16.2. The van der Waals surface area contributed by atoms with E-state index in [0.29, 0.717) is 11.1 Å². The van der Waals surface area contributed by atoms with Gasteiger partial charge < -0.3 is 15.5 Å². The Balaban J connectivity index is 1.64. The van der Waals surface area contributed by atoms with Crippen LogP contribution in [0.15, 0.2) is 48.5 Å². The molecule has 0 unspecified atom stereocenters. The average Bonchev–Trinajstić information content (AvgIpc) is 2.68. The number of nitrogens with zero attached hydrogens (tertiary/aromatic N) is 1. The summed E-state index contributed by atoms with van der Waals surface area (Å²) >= 11 is 0. The summed E-state index contributed by atoms with van der Waals surface area (Å²) in [4.78, 5) is 27.4. The molecule has 5 nitrogen and oxygen atoms in total. The Morgan fingerprint density at radius 3 is 2.10 bits per heavy atom. The molecule has 0 bridgehead atoms. The van der Waals surface area contributed by atoms with E-state index in [1.165, 1.54) is 18.5 Å². The maximum atomic E-state index is 12.6. The van der Waals surface area contributed by atoms with Crippen LogP contribution >= 0.6 is 0 Å². The molecule has 2 N–H and O–H groups in total. The van der Waals surface area contributed by atoms with E-state index in [4.69, 9.17) is 0 Å². The average molecular weight is 394 g/mol. The zero-order valence-corrected chi connectivity index (χ0v) is 17.8. The minimum atomic E-state index is -0.330. The molecule has 3 rings (SSSR count). The number of carbonyl (C=O) groups excluding carboxylic acids is 2. The van der Waals surface area contributed by atoms with E-state index in [0.717, 1.165) is 24.7 Å². The first-order valence-corrected chi connectivity index (χ1v) is 10.3. The predicted octanol–water partition coefficient (Wildman–Crippen LogP) is 4.70. The Kier molecular flexibility index (Phi) is 6.26. The first-order valence-electron chi connectivity index (χ1n) is 10.3. The first-order chi connectivity index (χ1) is 13.7. The van der Waals surface area contributed by atoms with Gasteiger partial charge in [-0.3, -0.25) is 9.59 Å². The Labute approximate surface area is 173 Å². The second-order valence-electron chi connectivity index (χ2n) is 8.96. The molecular weight excluding hydrogens is 362 g/mol. The van der Waals surface area contributed by atoms with Crippen molar-refractivity contribution in [2.45, 2.75) is 46.1 Å². The quantitative estimate of drug-likeness (QED) is 0.791. The van der Waals surface area contributed by atoms with Crippen LogP contribution in [0.25, 0.3) is 0 Å². The molecule has 0 radical (unpaired) electrons. The molecule has 0 aliphatic carbocycles. The Morgan fingerprint density at radius 2 is 1.52 bits per heavy atom. The number of benzene rings is 2. The number of anilines is 2. The summed E-state index contributed by atoms with van der Waals surface area (Å²) in [5, 5.41) is 5.84. The zero-order valence-electron chi connectivity index (χ0n) is 17.8. The number of amides is 2. The third kappa shape index (κ3) is 5.83. The van der Waals surface area contributed by atoms with Crippen LogP contribution in [0, 0.1) is 5.92 Å². The fourth-order valence-electron chi connectivity index (χ4n) is 3.44. The summed E-state index contributed by atoms with van der Waals surface area (Å²) in [6.07, 6.45) is 2.44. The number of nitrogens with one attached hydrogen (secondary N) is 2. The van der Waals surface area contributed by atoms with Gasteiger partial charge in [-0.1, -0.05) is 13.0 Å². The van der Waals surface area contributed by atoms with Gasteiger partial charge in [-0.25, -0.2) is 0 Å². The summed E-state index contributed by atoms with van der Waals surface area (Å²) < 4.78 is 0. The molecule has 0 aromatic heterocycles. The highest BCUT2D eigenvalue weighted by Crippen LogP contribution is 2.24. The minimum absolute atomic E-state index is 0.188. The van der Waals surface area contributed by atoms with Crippen LogP contribution in [0.1, 0.15) is 61.3 Å². The number of hydrogen-bond acceptors (Lipinski definition) is 3. The van der Waals surface area contributed by atoms with Gasteiger partial charge in [0, 0.05) is 41.1 Å². The molecule has 2 aromatic carbocycles. The van der Waals surface area contributed by atoms with Crippen molar-refractivity contribution < 1.29 is 9.59 Å². The van der Waals surface area contributed by atoms with Crippen molar-refractivity contribution in [2.24, 2.45) is 5.92 Å². The molecule has 1 fully saturated rings. The summed E-state index contributed by atoms with van der Waals surface area (Å²) in [6, 6.07) is 14.8. The molecule has 1 saturated heterocycles. The van der Waals surface area contributed by atoms with Gasteiger partial charge in [0.05, 0.1) is 0 Å². The molecule has 29 heavy (non-hydrogen) atoms. The maximum absolute atomic E-state index is 12.6. The molecule has 0 saturated carbocycles. The van der Waals surface area contributed by atoms with E-state index < -0.39 is 0 Å². The minimum Gasteiger partial charge on any atom is -0.372 e. The van der Waals surface area contributed by atoms with Gasteiger partial charge in [0.2, 0.25) is 0 Å². The molecular formula is C24H31N3O2. The standard InChI is InChI=1S/C24H31N3O2/c1-17-12-14-27(15-13-17)21-10-8-20(9-11-21)25-22(28)18-6-5-7-19(16-18)23(29)26-24(2,3)4/h5-11,16-17H,12-15H2,1-4H3,(H,25,28)(H,26,29). The normalized spacial score (nSPS) is 15.1. The van der Waals surface area contributed by atoms with Crippen molar-refractivity contribution in [3.8, 4) is 0 Å². The van der Waals surface area contributed by atoms with Gasteiger partial charge in [-0.15, -0.1) is 0 Å². The number of rotatable bonds is 4. The largest absolute Gasteiger partial charge is 0.372 e. The van der Waals surface area contributed by atoms with Crippen molar-refractivity contribution in [1.82, 2.24) is 5.32 Å². The van der Waals surface area contributed by atoms with E-state index in [1.54, 1.807) is 24.3 Å². The van der Waals surface area contributed by atoms with Crippen LogP contribution in [-0.4, -0.2) is 30.4 Å². The topological polar surface area (TPSA) is 61.4 Å². The van der Waals surface area contributed by atoms with Gasteiger partial charge in [-0.05, 0) is 82.0 Å². The lowest BCUT2D eigenvalue weighted by Gasteiger charge is -2.32. The van der Waals surface area contributed by atoms with E-state index in [2.05, 4.69) is 34.6 Å². The van der Waals surface area contributed by atoms with Gasteiger partial charge >= 0.3 is 0 Å². The van der Waals surface area contributed by atoms with Gasteiger partial charge in [-0.2, -0.15) is 0 Å². The van der Waals surface area contributed by atoms with Gasteiger partial charge in [0.1, 0.15) is 0 Å². The summed E-state index contributed by atoms with van der Waals surface area (Å²) in [5.74, 6) is 0.383. The molecule has 154 valence electrons. The Bertz CT molecular complexity index is 860. The van der Waals surface area contributed by atoms with Gasteiger partial charge in [0.15, 0.2) is 0 Å². The maximum Gasteiger partial charge on any atom is 0.255 e. The van der Waals surface area contributed by atoms with Crippen LogP contribution < -0.4 is 15.5 Å². The van der Waals surface area contributed by atoms with E-state index in [-0.39, 0.29) is 17.4 Å². The van der Waals surface area contributed by atoms with Crippen LogP contribution in [-0.2, 0) is 0 Å². The van der Waals surface area contributed by atoms with Gasteiger partial charge in [0.25, 0.3) is 11.8 Å². The van der Waals surface area contributed by atoms with Crippen LogP contribution in [0.2, 0.25) is 0 Å². The lowest BCUT2D eigenvalue weighted by atomic mass is 9.99. The molecule has 5 heteroatoms. The van der Waals surface area contributed by atoms with Crippen molar-refractivity contribution >= 4 is 23.2 Å². The highest BCUT2D eigenvalue weighted by Gasteiger charge is 2.18. The Morgan fingerprint density at radius 1 is 0.931 bits per heavy atom. The predicted molar refractivity (Wildman–Crippen MR) is 119 cm³/mol. The van der Waals surface area contributed by atoms with Crippen molar-refractivity contribution in [2.75, 3.05) is 23.3 Å². The second-order valence-corrected chi connectivity index (χ2v) is 8.96. The number of carbonyl (C=O) groups is 2. The van der Waals surface area contributed by atoms with E-state index in [1.807, 2.05) is 32.9 Å². The summed E-state index contributed by atoms with van der Waals surface area (Å²) in [6.45, 7) is 10.2. The molecule has 0 spiro atoms. The molecule has 1 heterocycles. The van der Waals surface area contributed by atoms with Crippen LogP contribution in [0.4, 0.5) is 11.4 Å². The SMILES string of the molecule is CC1CCN(c2ccc(NC(=O)c3cccc(C(=O)NC(C)(C)C)c3)cc2)CC1. The molecule has 1 aliphatic heterocycles. The molecule has 2 aromatic rings. The van der Waals surface area contributed by atoms with E-state index in [9.17, 15) is 9.59 Å². The smallest absolute Gasteiger partial charge is 0.255 e. The van der Waals surface area contributed by atoms with Crippen molar-refractivity contribution in [1.29, 1.82) is 0 Å². The fourth-order valence-corrected chi connectivity index (χ4v) is 3.44. The molecule has 0 atom stereocenters. The molecule has 2 amide bonds. The number of piperidine rings is 1. The van der Waals surface area contributed by atoms with Crippen molar-refractivity contribution in [3.05, 3.63) is 59.7 Å². The first kappa shape index (κ1) is 20.9. The fraction of sp³-hybridized carbons (Fsp3) is 0.417. The van der Waals surface area contributed by atoms with Crippen LogP contribution in [0.5, 0.6) is 0 Å². The summed E-state index contributed by atoms with van der Waals surface area (Å²) in [7, 11) is 0. The lowest BCUT2D eigenvalue weighted by molar-refractivity contribution is 0.0919. The Hall–Kier alpha value is -2.82. The van der Waals surface area contributed by atoms with E-state index >= 15 is 0 Å². The number of hydrogen-bond donors (Lipinski definition) is 2. The zero-order chi connectivity index (χ0) is 21.0. The van der Waals surface area contributed by atoms with Crippen molar-refractivity contribution in [3.63, 3.8) is 0 Å². The van der Waals surface area contributed by atoms with Crippen LogP contribution in [0.3, 0.4) is 0 Å². The lowest BCUT2D eigenvalue weighted by Crippen LogP contribution is -2.40. The monoisotopic (exact) mass is 393 g/mol. The summed E-state index contributed by atoms with van der Waals surface area (Å²) in [5.41, 5.74) is 2.54. The molecule has 1 aliphatic rings. The highest BCUT2D eigenvalue weighted by molar-refractivity contribution is 6.06. The second kappa shape index (κ2) is 8.68. The third-order valence-electron chi connectivity index (χ3n) is 5.15. The third-order valence-corrected chi connectivity index (χ3v) is 5.15.